The van der Waals surface area contributed by atoms with Crippen molar-refractivity contribution in [3.05, 3.63) is 0 Å². The number of hydrogen-bond acceptors (Lipinski definition) is 6. The number of carbonyl (C=O) groups is 2. The number of ketones is 1. The van der Waals surface area contributed by atoms with Crippen molar-refractivity contribution in [3.63, 3.8) is 0 Å². The summed E-state index contributed by atoms with van der Waals surface area (Å²) < 4.78 is 16.3. The highest BCUT2D eigenvalue weighted by molar-refractivity contribution is 6.37. The summed E-state index contributed by atoms with van der Waals surface area (Å²) in [5, 5.41) is 9.63. The molecule has 6 nitrogen and oxygen atoms in total. The average Bonchev–Trinajstić information content (AvgIpc) is 2.88. The second kappa shape index (κ2) is 4.95. The van der Waals surface area contributed by atoms with Gasteiger partial charge in [-0.3, -0.25) is 4.79 Å². The number of rotatable bonds is 4. The summed E-state index contributed by atoms with van der Waals surface area (Å²) in [6.45, 7) is 4.18. The number of carbonyl (C=O) groups excluding carboxylic acids is 2. The minimum atomic E-state index is -1.44. The smallest absolute Gasteiger partial charge is 0.378 e. The summed E-state index contributed by atoms with van der Waals surface area (Å²) in [4.78, 5) is 22.3. The molecule has 102 valence electrons. The Morgan fingerprint density at radius 3 is 2.61 bits per heavy atom. The molecule has 2 heterocycles. The van der Waals surface area contributed by atoms with Gasteiger partial charge in [-0.05, 0) is 6.42 Å². The van der Waals surface area contributed by atoms with Gasteiger partial charge in [0.05, 0.1) is 6.61 Å². The Labute approximate surface area is 105 Å². The SMILES string of the molecule is CCCC1(CC)OCC(C2OC(=O)C(=O)C2O)O1. The van der Waals surface area contributed by atoms with Crippen LogP contribution in [0.1, 0.15) is 33.1 Å². The minimum absolute atomic E-state index is 0.218. The first kappa shape index (κ1) is 13.5. The number of hydrogen-bond donors (Lipinski definition) is 1. The normalized spacial score (nSPS) is 40.3. The molecule has 2 aliphatic rings. The molecular formula is C12H18O6. The van der Waals surface area contributed by atoms with Crippen molar-refractivity contribution in [2.24, 2.45) is 0 Å². The Morgan fingerprint density at radius 2 is 2.11 bits per heavy atom. The van der Waals surface area contributed by atoms with Crippen LogP contribution in [-0.2, 0) is 23.8 Å². The zero-order valence-electron chi connectivity index (χ0n) is 10.5. The summed E-state index contributed by atoms with van der Waals surface area (Å²) in [5.41, 5.74) is 0. The highest BCUT2D eigenvalue weighted by Crippen LogP contribution is 2.35. The van der Waals surface area contributed by atoms with Crippen LogP contribution in [0.15, 0.2) is 0 Å². The van der Waals surface area contributed by atoms with Crippen LogP contribution in [-0.4, -0.2) is 47.6 Å². The summed E-state index contributed by atoms with van der Waals surface area (Å²) in [7, 11) is 0. The lowest BCUT2D eigenvalue weighted by Gasteiger charge is -2.27. The van der Waals surface area contributed by atoms with Gasteiger partial charge in [0, 0.05) is 6.42 Å². The number of cyclic esters (lactones) is 1. The van der Waals surface area contributed by atoms with Crippen LogP contribution in [0.3, 0.4) is 0 Å². The molecule has 0 radical (unpaired) electrons. The van der Waals surface area contributed by atoms with E-state index in [2.05, 4.69) is 0 Å². The second-order valence-corrected chi connectivity index (χ2v) is 4.66. The predicted octanol–water partition coefficient (Wildman–Crippen LogP) is 0.164. The van der Waals surface area contributed by atoms with Crippen molar-refractivity contribution in [1.82, 2.24) is 0 Å². The Bertz CT molecular complexity index is 354. The van der Waals surface area contributed by atoms with Gasteiger partial charge in [0.15, 0.2) is 18.0 Å². The molecule has 0 aliphatic carbocycles. The van der Waals surface area contributed by atoms with Crippen LogP contribution < -0.4 is 0 Å². The fourth-order valence-electron chi connectivity index (χ4n) is 2.41. The van der Waals surface area contributed by atoms with Crippen LogP contribution in [0.5, 0.6) is 0 Å². The van der Waals surface area contributed by atoms with Gasteiger partial charge in [0.2, 0.25) is 0 Å². The van der Waals surface area contributed by atoms with Crippen molar-refractivity contribution in [2.45, 2.75) is 57.2 Å². The number of esters is 1. The van der Waals surface area contributed by atoms with E-state index >= 15 is 0 Å². The van der Waals surface area contributed by atoms with Crippen molar-refractivity contribution in [2.75, 3.05) is 6.61 Å². The van der Waals surface area contributed by atoms with Crippen LogP contribution in [0.2, 0.25) is 0 Å². The van der Waals surface area contributed by atoms with Gasteiger partial charge >= 0.3 is 5.97 Å². The van der Waals surface area contributed by atoms with Crippen LogP contribution in [0.4, 0.5) is 0 Å². The number of Topliss-reactive ketones (excluding diaryl/α,β-unsaturated/α-hetero) is 1. The maximum atomic E-state index is 11.2. The third-order valence-electron chi connectivity index (χ3n) is 3.44. The van der Waals surface area contributed by atoms with Gasteiger partial charge in [-0.25, -0.2) is 4.79 Å². The molecule has 1 N–H and O–H groups in total. The van der Waals surface area contributed by atoms with Gasteiger partial charge in [-0.15, -0.1) is 0 Å². The van der Waals surface area contributed by atoms with Crippen molar-refractivity contribution >= 4 is 11.8 Å². The molecule has 4 unspecified atom stereocenters. The van der Waals surface area contributed by atoms with E-state index in [-0.39, 0.29) is 6.61 Å². The molecule has 2 rings (SSSR count). The van der Waals surface area contributed by atoms with E-state index in [1.54, 1.807) is 0 Å². The summed E-state index contributed by atoms with van der Waals surface area (Å²) >= 11 is 0. The molecule has 0 aromatic heterocycles. The lowest BCUT2D eigenvalue weighted by molar-refractivity contribution is -0.190. The van der Waals surface area contributed by atoms with E-state index in [0.717, 1.165) is 12.8 Å². The van der Waals surface area contributed by atoms with Crippen molar-refractivity contribution in [1.29, 1.82) is 0 Å². The molecule has 0 bridgehead atoms. The molecule has 2 saturated heterocycles. The molecule has 0 spiro atoms. The third-order valence-corrected chi connectivity index (χ3v) is 3.44. The zero-order chi connectivity index (χ0) is 13.3. The van der Waals surface area contributed by atoms with Gasteiger partial charge in [0.1, 0.15) is 6.10 Å². The van der Waals surface area contributed by atoms with E-state index in [1.165, 1.54) is 0 Å². The average molecular weight is 258 g/mol. The molecule has 18 heavy (non-hydrogen) atoms. The number of ether oxygens (including phenoxy) is 3. The van der Waals surface area contributed by atoms with E-state index in [4.69, 9.17) is 14.2 Å². The Morgan fingerprint density at radius 1 is 1.39 bits per heavy atom. The van der Waals surface area contributed by atoms with Crippen LogP contribution in [0, 0.1) is 0 Å². The number of aliphatic hydroxyl groups excluding tert-OH is 1. The largest absolute Gasteiger partial charge is 0.450 e. The molecule has 0 aromatic rings. The quantitative estimate of drug-likeness (QED) is 0.571. The predicted molar refractivity (Wildman–Crippen MR) is 59.6 cm³/mol. The molecule has 0 amide bonds. The van der Waals surface area contributed by atoms with E-state index < -0.39 is 35.9 Å². The first-order valence-electron chi connectivity index (χ1n) is 6.27. The lowest BCUT2D eigenvalue weighted by atomic mass is 10.1. The summed E-state index contributed by atoms with van der Waals surface area (Å²) in [6.07, 6.45) is -0.684. The second-order valence-electron chi connectivity index (χ2n) is 4.66. The van der Waals surface area contributed by atoms with Crippen LogP contribution in [0.25, 0.3) is 0 Å². The fraction of sp³-hybridized carbons (Fsp3) is 0.833. The first-order valence-corrected chi connectivity index (χ1v) is 6.27. The third kappa shape index (κ3) is 2.15. The Balaban J connectivity index is 2.05. The lowest BCUT2D eigenvalue weighted by Crippen LogP contribution is -2.40. The Hall–Kier alpha value is -0.980. The zero-order valence-corrected chi connectivity index (χ0v) is 10.5. The fourth-order valence-corrected chi connectivity index (χ4v) is 2.41. The molecule has 0 saturated carbocycles. The van der Waals surface area contributed by atoms with Crippen LogP contribution >= 0.6 is 0 Å². The highest BCUT2D eigenvalue weighted by Gasteiger charge is 2.52. The summed E-state index contributed by atoms with van der Waals surface area (Å²) in [5.74, 6) is -2.59. The number of aliphatic hydroxyl groups is 1. The standard InChI is InChI=1S/C12H18O6/c1-3-5-12(4-2)16-6-7(18-12)10-8(13)9(14)11(15)17-10/h7-8,10,13H,3-6H2,1-2H3. The van der Waals surface area contributed by atoms with Gasteiger partial charge in [0.25, 0.3) is 5.78 Å². The first-order chi connectivity index (χ1) is 8.53. The molecule has 4 atom stereocenters. The maximum absolute atomic E-state index is 11.2. The molecular weight excluding hydrogens is 240 g/mol. The van der Waals surface area contributed by atoms with E-state index in [1.807, 2.05) is 13.8 Å². The highest BCUT2D eigenvalue weighted by atomic mass is 16.8. The monoisotopic (exact) mass is 258 g/mol. The molecule has 6 heteroatoms. The Kier molecular flexibility index (Phi) is 3.70. The van der Waals surface area contributed by atoms with Gasteiger partial charge < -0.3 is 19.3 Å². The topological polar surface area (TPSA) is 82.1 Å². The van der Waals surface area contributed by atoms with Gasteiger partial charge in [-0.2, -0.15) is 0 Å². The molecule has 0 aromatic carbocycles. The minimum Gasteiger partial charge on any atom is -0.450 e. The summed E-state index contributed by atoms with van der Waals surface area (Å²) in [6, 6.07) is 0. The molecule has 2 fully saturated rings. The van der Waals surface area contributed by atoms with E-state index in [0.29, 0.717) is 6.42 Å². The maximum Gasteiger partial charge on any atom is 0.378 e. The van der Waals surface area contributed by atoms with Gasteiger partial charge in [-0.1, -0.05) is 20.3 Å². The van der Waals surface area contributed by atoms with E-state index in [9.17, 15) is 14.7 Å². The van der Waals surface area contributed by atoms with Crippen molar-refractivity contribution in [3.8, 4) is 0 Å². The molecule has 2 aliphatic heterocycles. The van der Waals surface area contributed by atoms with Crippen molar-refractivity contribution < 1.29 is 28.9 Å².